The van der Waals surface area contributed by atoms with E-state index in [-0.39, 0.29) is 31.1 Å². The highest BCUT2D eigenvalue weighted by Gasteiger charge is 2.62. The van der Waals surface area contributed by atoms with Crippen molar-refractivity contribution in [2.75, 3.05) is 20.7 Å². The fourth-order valence-electron chi connectivity index (χ4n) is 7.73. The summed E-state index contributed by atoms with van der Waals surface area (Å²) in [4.78, 5) is 48.5. The van der Waals surface area contributed by atoms with Gasteiger partial charge < -0.3 is 19.7 Å². The topological polar surface area (TPSA) is 162 Å². The first-order valence-corrected chi connectivity index (χ1v) is 19.3. The number of nitrogens with one attached hydrogen (secondary N) is 2. The van der Waals surface area contributed by atoms with Gasteiger partial charge in [0.1, 0.15) is 23.1 Å². The number of benzene rings is 1. The maximum absolute atomic E-state index is 14.3. The van der Waals surface area contributed by atoms with Crippen LogP contribution in [0, 0.1) is 38.5 Å². The van der Waals surface area contributed by atoms with E-state index in [1.165, 1.54) is 0 Å². The van der Waals surface area contributed by atoms with Crippen molar-refractivity contribution in [3.8, 4) is 17.3 Å². The lowest BCUT2D eigenvalue weighted by Crippen LogP contribution is -2.54. The van der Waals surface area contributed by atoms with E-state index in [9.17, 15) is 22.8 Å². The molecule has 0 radical (unpaired) electrons. The first-order chi connectivity index (χ1) is 24.3. The molecule has 1 aliphatic heterocycles. The Labute approximate surface area is 298 Å². The lowest BCUT2D eigenvalue weighted by molar-refractivity contribution is -0.140. The van der Waals surface area contributed by atoms with Crippen LogP contribution in [-0.4, -0.2) is 83.4 Å². The molecule has 3 aromatic rings. The molecule has 2 aromatic heterocycles. The molecule has 0 bridgehead atoms. The highest BCUT2D eigenvalue weighted by atomic mass is 32.2. The van der Waals surface area contributed by atoms with E-state index in [0.29, 0.717) is 42.2 Å². The third-order valence-electron chi connectivity index (χ3n) is 10.9. The summed E-state index contributed by atoms with van der Waals surface area (Å²) in [6.07, 6.45) is 7.56. The Balaban J connectivity index is 1.22. The highest BCUT2D eigenvalue weighted by Crippen LogP contribution is 2.47. The normalized spacial score (nSPS) is 27.6. The van der Waals surface area contributed by atoms with Crippen LogP contribution in [0.25, 0.3) is 16.7 Å². The first kappa shape index (κ1) is 35.0. The van der Waals surface area contributed by atoms with Gasteiger partial charge in [-0.05, 0) is 90.3 Å². The molecule has 3 fully saturated rings. The average molecular weight is 719 g/mol. The number of aromatic nitrogens is 3. The summed E-state index contributed by atoms with van der Waals surface area (Å²) in [6, 6.07) is 7.56. The lowest BCUT2D eigenvalue weighted by Gasteiger charge is -2.26. The van der Waals surface area contributed by atoms with Crippen molar-refractivity contribution in [3.63, 3.8) is 0 Å². The molecule has 0 spiro atoms. The summed E-state index contributed by atoms with van der Waals surface area (Å²) >= 11 is 0. The quantitative estimate of drug-likeness (QED) is 0.346. The van der Waals surface area contributed by atoms with E-state index >= 15 is 0 Å². The van der Waals surface area contributed by atoms with Crippen LogP contribution in [0.15, 0.2) is 36.4 Å². The monoisotopic (exact) mass is 718 g/mol. The lowest BCUT2D eigenvalue weighted by atomic mass is 9.93. The second-order valence-corrected chi connectivity index (χ2v) is 16.6. The minimum atomic E-state index is -3.83. The first-order valence-electron chi connectivity index (χ1n) is 17.8. The second kappa shape index (κ2) is 13.3. The van der Waals surface area contributed by atoms with Crippen LogP contribution >= 0.6 is 0 Å². The fraction of sp³-hybridized carbons (Fsp3) is 0.541. The minimum absolute atomic E-state index is 0.153. The van der Waals surface area contributed by atoms with Gasteiger partial charge in [-0.15, -0.1) is 0 Å². The zero-order valence-corrected chi connectivity index (χ0v) is 30.6. The largest absolute Gasteiger partial charge is 0.496 e. The molecule has 2 N–H and O–H groups in total. The molecule has 14 heteroatoms. The molecule has 7 rings (SSSR count). The molecule has 5 unspecified atom stereocenters. The molecule has 0 saturated heterocycles. The van der Waals surface area contributed by atoms with Crippen molar-refractivity contribution in [1.29, 1.82) is 0 Å². The number of ether oxygens (including phenoxy) is 2. The summed E-state index contributed by atoms with van der Waals surface area (Å²) in [5, 5.41) is 7.77. The Bertz CT molecular complexity index is 2040. The predicted molar refractivity (Wildman–Crippen MR) is 190 cm³/mol. The summed E-state index contributed by atoms with van der Waals surface area (Å²) < 4.78 is 41.9. The molecule has 3 heterocycles. The molecule has 51 heavy (non-hydrogen) atoms. The molecule has 3 amide bonds. The van der Waals surface area contributed by atoms with Crippen molar-refractivity contribution in [3.05, 3.63) is 53.4 Å². The van der Waals surface area contributed by atoms with Crippen molar-refractivity contribution in [2.45, 2.75) is 89.0 Å². The fourth-order valence-corrected chi connectivity index (χ4v) is 9.09. The molecule has 13 nitrogen and oxygen atoms in total. The van der Waals surface area contributed by atoms with E-state index in [1.807, 2.05) is 57.2 Å². The molecular weight excluding hydrogens is 673 g/mol. The Kier molecular flexibility index (Phi) is 9.09. The third kappa shape index (κ3) is 6.70. The van der Waals surface area contributed by atoms with Crippen molar-refractivity contribution >= 4 is 38.6 Å². The number of fused-ring (bicyclic) bond motifs is 3. The van der Waals surface area contributed by atoms with Gasteiger partial charge in [0.2, 0.25) is 21.8 Å². The van der Waals surface area contributed by atoms with E-state index < -0.39 is 50.6 Å². The number of hydrogen-bond donors (Lipinski definition) is 2. The van der Waals surface area contributed by atoms with Crippen LogP contribution in [0.3, 0.4) is 0 Å². The maximum atomic E-state index is 14.3. The Morgan fingerprint density at radius 2 is 1.82 bits per heavy atom. The number of carbonyl (C=O) groups excluding carboxylic acids is 3. The summed E-state index contributed by atoms with van der Waals surface area (Å²) in [5.41, 5.74) is 1.86. The second-order valence-electron chi connectivity index (χ2n) is 14.7. The number of carbonyl (C=O) groups is 3. The van der Waals surface area contributed by atoms with E-state index in [2.05, 4.69) is 15.1 Å². The van der Waals surface area contributed by atoms with Gasteiger partial charge in [-0.2, -0.15) is 5.10 Å². The number of pyridine rings is 1. The smallest absolute Gasteiger partial charge is 0.259 e. The predicted octanol–water partition coefficient (Wildman–Crippen LogP) is 3.81. The van der Waals surface area contributed by atoms with Gasteiger partial charge in [0, 0.05) is 42.2 Å². The standard InChI is InChI=1S/C37H46N6O7S/c1-21-16-22(2)43(40-21)32-19-31(27-13-14-30(49-5)23(3)33(27)38-32)50-25-17-28-29(18-25)35(45)42(4)15-9-7-6-8-10-24-20-37(24,39-34(28)44)36(46)41-51(47,48)26-11-12-26/h8,10,13-14,16,19,24-26,28-29H,6-7,9,11-12,15,17-18,20H2,1-5H3,(H,39,44)(H,41,46)/b10-8+. The van der Waals surface area contributed by atoms with Crippen LogP contribution in [0.1, 0.15) is 68.3 Å². The number of amides is 3. The summed E-state index contributed by atoms with van der Waals surface area (Å²) in [5.74, 6) is -1.39. The van der Waals surface area contributed by atoms with E-state index in [1.54, 1.807) is 23.7 Å². The van der Waals surface area contributed by atoms with Gasteiger partial charge in [-0.25, -0.2) is 18.1 Å². The molecular formula is C37H46N6O7S. The summed E-state index contributed by atoms with van der Waals surface area (Å²) in [7, 11) is -0.459. The van der Waals surface area contributed by atoms with Crippen LogP contribution in [0.4, 0.5) is 0 Å². The van der Waals surface area contributed by atoms with Crippen molar-refractivity contribution < 1.29 is 32.3 Å². The molecule has 1 aromatic carbocycles. The van der Waals surface area contributed by atoms with Crippen LogP contribution in [0.2, 0.25) is 0 Å². The Morgan fingerprint density at radius 1 is 1.06 bits per heavy atom. The third-order valence-corrected chi connectivity index (χ3v) is 12.7. The highest BCUT2D eigenvalue weighted by molar-refractivity contribution is 7.91. The zero-order chi connectivity index (χ0) is 36.2. The van der Waals surface area contributed by atoms with Gasteiger partial charge in [-0.1, -0.05) is 12.2 Å². The van der Waals surface area contributed by atoms with Crippen molar-refractivity contribution in [1.82, 2.24) is 29.7 Å². The van der Waals surface area contributed by atoms with Gasteiger partial charge in [0.25, 0.3) is 5.91 Å². The van der Waals surface area contributed by atoms with E-state index in [4.69, 9.17) is 14.5 Å². The van der Waals surface area contributed by atoms with Crippen molar-refractivity contribution in [2.24, 2.45) is 17.8 Å². The minimum Gasteiger partial charge on any atom is -0.496 e. The van der Waals surface area contributed by atoms with Crippen LogP contribution in [0.5, 0.6) is 11.5 Å². The molecule has 272 valence electrons. The molecule has 3 aliphatic carbocycles. The van der Waals surface area contributed by atoms with Crippen LogP contribution < -0.4 is 19.5 Å². The Hall–Kier alpha value is -4.46. The zero-order valence-electron chi connectivity index (χ0n) is 29.8. The number of nitrogens with zero attached hydrogens (tertiary/aromatic N) is 4. The van der Waals surface area contributed by atoms with Gasteiger partial charge in [0.05, 0.1) is 35.4 Å². The number of methoxy groups -OCH3 is 1. The van der Waals surface area contributed by atoms with Gasteiger partial charge >= 0.3 is 0 Å². The molecule has 5 atom stereocenters. The maximum Gasteiger partial charge on any atom is 0.259 e. The number of sulfonamides is 1. The average Bonchev–Trinajstić information content (AvgIpc) is 3.99. The van der Waals surface area contributed by atoms with Gasteiger partial charge in [0.15, 0.2) is 5.82 Å². The summed E-state index contributed by atoms with van der Waals surface area (Å²) in [6.45, 7) is 6.36. The number of hydrogen-bond acceptors (Lipinski definition) is 9. The Morgan fingerprint density at radius 3 is 2.53 bits per heavy atom. The SMILES string of the molecule is COc1ccc2c(OC3CC4C(=O)NC5(C(=O)NS(=O)(=O)C6CC6)CC5/C=C/CCCCN(C)C(=O)C4C3)cc(-n3nc(C)cc3C)nc2c1C. The van der Waals surface area contributed by atoms with Gasteiger partial charge in [-0.3, -0.25) is 19.1 Å². The number of rotatable bonds is 7. The number of allylic oxidation sites excluding steroid dienone is 1. The number of aryl methyl sites for hydroxylation is 3. The van der Waals surface area contributed by atoms with Crippen LogP contribution in [-0.2, 0) is 24.4 Å². The molecule has 3 saturated carbocycles. The van der Waals surface area contributed by atoms with E-state index in [0.717, 1.165) is 41.6 Å². The molecule has 4 aliphatic rings.